The second-order valence-electron chi connectivity index (χ2n) is 15.9. The van der Waals surface area contributed by atoms with E-state index in [4.69, 9.17) is 14.2 Å². The standard InChI is InChI=1S/C50H83NO7/c1-6-8-10-12-14-16-18-20-22-23-24-25-27-28-30-32-34-36-38-40-48(52)57-45-46(44-56-43-42-47(50(54)55)51(3,4)5)58-49(53)41-39-37-35-33-31-29-26-21-19-17-15-13-11-9-7-2/h8,10,14,16-17,19-20,22,24-25,28,30,34,36,46-47H,6-7,9,11-13,15,18,21,23,26-27,29,31-33,35,37-45H2,1-5H3/b10-8+,16-14+,19-17+,22-20+,25-24+,30-28+,36-34+. The van der Waals surface area contributed by atoms with Gasteiger partial charge >= 0.3 is 11.9 Å². The molecule has 2 atom stereocenters. The van der Waals surface area contributed by atoms with E-state index >= 15 is 0 Å². The fourth-order valence-electron chi connectivity index (χ4n) is 6.03. The smallest absolute Gasteiger partial charge is 0.306 e. The molecule has 0 N–H and O–H groups in total. The molecule has 0 bridgehead atoms. The van der Waals surface area contributed by atoms with Gasteiger partial charge in [-0.2, -0.15) is 0 Å². The van der Waals surface area contributed by atoms with Gasteiger partial charge in [0.25, 0.3) is 0 Å². The van der Waals surface area contributed by atoms with E-state index in [9.17, 15) is 19.5 Å². The Morgan fingerprint density at radius 3 is 1.50 bits per heavy atom. The number of rotatable bonds is 39. The molecule has 58 heavy (non-hydrogen) atoms. The second-order valence-corrected chi connectivity index (χ2v) is 15.9. The van der Waals surface area contributed by atoms with E-state index in [2.05, 4.69) is 86.8 Å². The molecule has 0 heterocycles. The first-order chi connectivity index (χ1) is 28.1. The number of hydrogen-bond donors (Lipinski definition) is 0. The van der Waals surface area contributed by atoms with Crippen LogP contribution in [0.3, 0.4) is 0 Å². The zero-order valence-electron chi connectivity index (χ0n) is 37.4. The molecule has 0 fully saturated rings. The lowest BCUT2D eigenvalue weighted by Crippen LogP contribution is -2.55. The number of esters is 2. The second kappa shape index (κ2) is 40.3. The lowest BCUT2D eigenvalue weighted by Gasteiger charge is -2.34. The molecule has 0 aliphatic rings. The van der Waals surface area contributed by atoms with E-state index in [1.54, 1.807) is 21.1 Å². The highest BCUT2D eigenvalue weighted by Gasteiger charge is 2.25. The maximum absolute atomic E-state index is 12.7. The van der Waals surface area contributed by atoms with Crippen molar-refractivity contribution in [3.63, 3.8) is 0 Å². The Morgan fingerprint density at radius 1 is 0.534 bits per heavy atom. The molecule has 8 nitrogen and oxygen atoms in total. The summed E-state index contributed by atoms with van der Waals surface area (Å²) in [5.74, 6) is -1.86. The van der Waals surface area contributed by atoms with Crippen LogP contribution in [0, 0.1) is 0 Å². The number of likely N-dealkylation sites (N-methyl/N-ethyl adjacent to an activating group) is 1. The summed E-state index contributed by atoms with van der Waals surface area (Å²) in [4.78, 5) is 36.8. The lowest BCUT2D eigenvalue weighted by atomic mass is 10.1. The van der Waals surface area contributed by atoms with E-state index in [1.807, 2.05) is 12.2 Å². The molecule has 0 aromatic rings. The van der Waals surface area contributed by atoms with Crippen molar-refractivity contribution in [1.29, 1.82) is 0 Å². The Morgan fingerprint density at radius 2 is 1.00 bits per heavy atom. The Bertz CT molecular complexity index is 1220. The van der Waals surface area contributed by atoms with E-state index in [1.165, 1.54) is 57.8 Å². The van der Waals surface area contributed by atoms with Crippen molar-refractivity contribution in [2.45, 2.75) is 174 Å². The number of nitrogens with zero attached hydrogens (tertiary/aromatic N) is 1. The van der Waals surface area contributed by atoms with E-state index in [0.717, 1.165) is 64.2 Å². The van der Waals surface area contributed by atoms with Gasteiger partial charge in [-0.15, -0.1) is 0 Å². The molecular weight excluding hydrogens is 727 g/mol. The molecule has 0 aliphatic heterocycles. The van der Waals surface area contributed by atoms with Crippen LogP contribution in [0.25, 0.3) is 0 Å². The Balaban J connectivity index is 4.47. The van der Waals surface area contributed by atoms with Crippen LogP contribution < -0.4 is 5.11 Å². The molecule has 0 spiro atoms. The molecule has 0 aliphatic carbocycles. The third kappa shape index (κ3) is 38.1. The molecule has 0 saturated heterocycles. The number of quaternary nitrogens is 1. The van der Waals surface area contributed by atoms with Crippen LogP contribution in [-0.2, 0) is 28.6 Å². The van der Waals surface area contributed by atoms with Crippen molar-refractivity contribution >= 4 is 17.9 Å². The summed E-state index contributed by atoms with van der Waals surface area (Å²) in [6.45, 7) is 4.44. The average Bonchev–Trinajstić information content (AvgIpc) is 3.18. The number of aliphatic carboxylic acids is 1. The maximum Gasteiger partial charge on any atom is 0.306 e. The zero-order valence-corrected chi connectivity index (χ0v) is 37.4. The largest absolute Gasteiger partial charge is 0.544 e. The quantitative estimate of drug-likeness (QED) is 0.0264. The number of hydrogen-bond acceptors (Lipinski definition) is 7. The van der Waals surface area contributed by atoms with Gasteiger partial charge in [-0.05, 0) is 77.0 Å². The van der Waals surface area contributed by atoms with Gasteiger partial charge < -0.3 is 28.6 Å². The summed E-state index contributed by atoms with van der Waals surface area (Å²) in [5, 5.41) is 11.6. The average molecular weight is 810 g/mol. The molecule has 0 aromatic carbocycles. The number of allylic oxidation sites excluding steroid dienone is 14. The van der Waals surface area contributed by atoms with Crippen LogP contribution in [-0.4, -0.2) is 75.5 Å². The number of ether oxygens (including phenoxy) is 3. The third-order valence-electron chi connectivity index (χ3n) is 9.53. The lowest BCUT2D eigenvalue weighted by molar-refractivity contribution is -0.889. The highest BCUT2D eigenvalue weighted by molar-refractivity contribution is 5.70. The Kier molecular flexibility index (Phi) is 37.9. The van der Waals surface area contributed by atoms with Gasteiger partial charge in [0.2, 0.25) is 0 Å². The van der Waals surface area contributed by atoms with Gasteiger partial charge in [0, 0.05) is 19.3 Å². The molecule has 0 aromatic heterocycles. The number of carbonyl (C=O) groups excluding carboxylic acids is 3. The van der Waals surface area contributed by atoms with Crippen LogP contribution >= 0.6 is 0 Å². The predicted molar refractivity (Wildman–Crippen MR) is 240 cm³/mol. The molecule has 0 radical (unpaired) electrons. The van der Waals surface area contributed by atoms with Crippen molar-refractivity contribution in [3.8, 4) is 0 Å². The summed E-state index contributed by atoms with van der Waals surface area (Å²) in [6, 6.07) is -0.741. The zero-order chi connectivity index (χ0) is 42.8. The first-order valence-electron chi connectivity index (χ1n) is 22.6. The highest BCUT2D eigenvalue weighted by atomic mass is 16.6. The van der Waals surface area contributed by atoms with Crippen molar-refractivity contribution in [1.82, 2.24) is 0 Å². The van der Waals surface area contributed by atoms with Gasteiger partial charge in [-0.25, -0.2) is 0 Å². The van der Waals surface area contributed by atoms with Crippen LogP contribution in [0.1, 0.15) is 162 Å². The molecular formula is C50H83NO7. The van der Waals surface area contributed by atoms with Gasteiger partial charge in [-0.3, -0.25) is 9.59 Å². The van der Waals surface area contributed by atoms with Gasteiger partial charge in [0.05, 0.1) is 40.3 Å². The molecule has 2 unspecified atom stereocenters. The van der Waals surface area contributed by atoms with E-state index in [-0.39, 0.29) is 49.1 Å². The van der Waals surface area contributed by atoms with Crippen LogP contribution in [0.4, 0.5) is 0 Å². The first-order valence-corrected chi connectivity index (χ1v) is 22.6. The van der Waals surface area contributed by atoms with Crippen LogP contribution in [0.5, 0.6) is 0 Å². The highest BCUT2D eigenvalue weighted by Crippen LogP contribution is 2.13. The molecule has 8 heteroatoms. The predicted octanol–water partition coefficient (Wildman–Crippen LogP) is 11.2. The molecule has 0 amide bonds. The summed E-state index contributed by atoms with van der Waals surface area (Å²) < 4.78 is 17.1. The Hall–Kier alpha value is -3.49. The topological polar surface area (TPSA) is 102 Å². The molecule has 0 saturated carbocycles. The van der Waals surface area contributed by atoms with E-state index in [0.29, 0.717) is 12.8 Å². The maximum atomic E-state index is 12.7. The number of unbranched alkanes of at least 4 members (excludes halogenated alkanes) is 11. The minimum absolute atomic E-state index is 0.0110. The SMILES string of the molecule is CC/C=C/C/C=C/C/C=C/C/C=C/C/C=C/C/C=C/CCC(=O)OCC(COCCC(C(=O)[O-])[N+](C)(C)C)OC(=O)CCCCCCCCC/C=C/CCCCCC. The molecule has 0 rings (SSSR count). The summed E-state index contributed by atoms with van der Waals surface area (Å²) in [7, 11) is 5.38. The van der Waals surface area contributed by atoms with E-state index < -0.39 is 18.1 Å². The minimum atomic E-state index is -1.14. The Labute approximate surface area is 354 Å². The fraction of sp³-hybridized carbons (Fsp3) is 0.660. The van der Waals surface area contributed by atoms with Crippen molar-refractivity contribution in [3.05, 3.63) is 85.1 Å². The summed E-state index contributed by atoms with van der Waals surface area (Å²) >= 11 is 0. The van der Waals surface area contributed by atoms with Gasteiger partial charge in [0.15, 0.2) is 6.10 Å². The minimum Gasteiger partial charge on any atom is -0.544 e. The number of carbonyl (C=O) groups is 3. The van der Waals surface area contributed by atoms with Gasteiger partial charge in [0.1, 0.15) is 12.6 Å². The first kappa shape index (κ1) is 54.5. The monoisotopic (exact) mass is 810 g/mol. The van der Waals surface area contributed by atoms with Crippen molar-refractivity contribution in [2.75, 3.05) is 41.0 Å². The van der Waals surface area contributed by atoms with Crippen LogP contribution in [0.2, 0.25) is 0 Å². The van der Waals surface area contributed by atoms with Gasteiger partial charge in [-0.1, -0.05) is 150 Å². The van der Waals surface area contributed by atoms with Crippen LogP contribution in [0.15, 0.2) is 85.1 Å². The molecule has 330 valence electrons. The number of carboxylic acids is 1. The third-order valence-corrected chi connectivity index (χ3v) is 9.53. The number of carboxylic acid groups (broad SMARTS) is 1. The van der Waals surface area contributed by atoms with Crippen molar-refractivity contribution in [2.24, 2.45) is 0 Å². The van der Waals surface area contributed by atoms with Crippen molar-refractivity contribution < 1.29 is 38.2 Å². The fourth-order valence-corrected chi connectivity index (χ4v) is 6.03. The summed E-state index contributed by atoms with van der Waals surface area (Å²) in [6.07, 6.45) is 51.9. The summed E-state index contributed by atoms with van der Waals surface area (Å²) in [5.41, 5.74) is 0. The normalized spacial score (nSPS) is 13.7.